The molecule has 2 nitrogen and oxygen atoms in total. The van der Waals surface area contributed by atoms with Crippen LogP contribution in [0.5, 0.6) is 5.75 Å². The summed E-state index contributed by atoms with van der Waals surface area (Å²) in [6.45, 7) is 13.3. The van der Waals surface area contributed by atoms with E-state index in [4.69, 9.17) is 10.5 Å². The van der Waals surface area contributed by atoms with Crippen LogP contribution in [0.3, 0.4) is 0 Å². The fraction of sp³-hybridized carbons (Fsp3) is 0.667. The molecule has 0 spiro atoms. The minimum atomic E-state index is 0.00787. The van der Waals surface area contributed by atoms with Crippen molar-refractivity contribution in [3.8, 4) is 5.75 Å². The van der Waals surface area contributed by atoms with Gasteiger partial charge >= 0.3 is 0 Å². The minimum Gasteiger partial charge on any atom is -0.496 e. The predicted molar refractivity (Wildman–Crippen MR) is 94.9 cm³/mol. The van der Waals surface area contributed by atoms with Crippen LogP contribution in [0.4, 0.5) is 0 Å². The van der Waals surface area contributed by atoms with Crippen LogP contribution in [0.2, 0.25) is 0 Å². The van der Waals surface area contributed by atoms with Gasteiger partial charge in [-0.25, -0.2) is 0 Å². The highest BCUT2D eigenvalue weighted by molar-refractivity contribution is 9.10. The van der Waals surface area contributed by atoms with Crippen LogP contribution in [0.15, 0.2) is 10.5 Å². The van der Waals surface area contributed by atoms with Crippen molar-refractivity contribution in [3.05, 3.63) is 27.2 Å². The third-order valence-electron chi connectivity index (χ3n) is 3.90. The van der Waals surface area contributed by atoms with E-state index in [0.29, 0.717) is 11.3 Å². The second kappa shape index (κ2) is 7.15. The first-order chi connectivity index (χ1) is 9.56. The summed E-state index contributed by atoms with van der Waals surface area (Å²) in [6, 6.07) is 2.11. The Labute approximate surface area is 138 Å². The van der Waals surface area contributed by atoms with Crippen molar-refractivity contribution >= 4 is 15.9 Å². The third-order valence-corrected chi connectivity index (χ3v) is 4.72. The molecule has 0 fully saturated rings. The maximum absolute atomic E-state index is 6.53. The second-order valence-corrected chi connectivity index (χ2v) is 8.31. The molecule has 0 radical (unpaired) electrons. The molecule has 0 aliphatic carbocycles. The Morgan fingerprint density at radius 1 is 1.29 bits per heavy atom. The Morgan fingerprint density at radius 3 is 2.33 bits per heavy atom. The topological polar surface area (TPSA) is 35.2 Å². The maximum atomic E-state index is 6.53. The number of halogens is 1. The zero-order valence-electron chi connectivity index (χ0n) is 14.5. The van der Waals surface area contributed by atoms with E-state index in [-0.39, 0.29) is 6.04 Å². The lowest BCUT2D eigenvalue weighted by molar-refractivity contribution is 0.284. The Kier molecular flexibility index (Phi) is 6.30. The fourth-order valence-electron chi connectivity index (χ4n) is 3.27. The molecule has 3 heteroatoms. The van der Waals surface area contributed by atoms with Crippen molar-refractivity contribution < 1.29 is 4.74 Å². The van der Waals surface area contributed by atoms with Crippen LogP contribution in [-0.4, -0.2) is 7.11 Å². The van der Waals surface area contributed by atoms with Gasteiger partial charge in [0, 0.05) is 16.1 Å². The minimum absolute atomic E-state index is 0.00787. The standard InChI is InChI=1S/C18H30BrNO/c1-11(10-18(4,5)6)8-15(20)16-13(3)14(19)9-12(2)17(16)21-7/h9,11,15H,8,10,20H2,1-7H3. The van der Waals surface area contributed by atoms with Crippen LogP contribution >= 0.6 is 15.9 Å². The van der Waals surface area contributed by atoms with E-state index in [1.165, 1.54) is 12.0 Å². The molecule has 2 unspecified atom stereocenters. The average Bonchev–Trinajstić information content (AvgIpc) is 2.30. The molecule has 0 bridgehead atoms. The van der Waals surface area contributed by atoms with Crippen LogP contribution in [0.1, 0.15) is 63.3 Å². The van der Waals surface area contributed by atoms with E-state index in [1.807, 2.05) is 0 Å². The van der Waals surface area contributed by atoms with Gasteiger partial charge < -0.3 is 10.5 Å². The highest BCUT2D eigenvalue weighted by Crippen LogP contribution is 2.38. The number of ether oxygens (including phenoxy) is 1. The lowest BCUT2D eigenvalue weighted by atomic mass is 9.81. The van der Waals surface area contributed by atoms with Crippen molar-refractivity contribution in [2.45, 2.75) is 60.4 Å². The number of rotatable bonds is 5. The Hall–Kier alpha value is -0.540. The zero-order chi connectivity index (χ0) is 16.4. The molecule has 0 aromatic heterocycles. The lowest BCUT2D eigenvalue weighted by Crippen LogP contribution is -2.20. The summed E-state index contributed by atoms with van der Waals surface area (Å²) < 4.78 is 6.72. The highest BCUT2D eigenvalue weighted by Gasteiger charge is 2.23. The molecule has 1 aromatic carbocycles. The number of nitrogens with two attached hydrogens (primary N) is 1. The van der Waals surface area contributed by atoms with E-state index in [0.717, 1.165) is 27.8 Å². The molecule has 1 aromatic rings. The van der Waals surface area contributed by atoms with E-state index in [9.17, 15) is 0 Å². The summed E-state index contributed by atoms with van der Waals surface area (Å²) in [5, 5.41) is 0. The quantitative estimate of drug-likeness (QED) is 0.752. The van der Waals surface area contributed by atoms with Crippen molar-refractivity contribution in [1.82, 2.24) is 0 Å². The van der Waals surface area contributed by atoms with Crippen LogP contribution in [0.25, 0.3) is 0 Å². The van der Waals surface area contributed by atoms with E-state index >= 15 is 0 Å². The molecule has 0 aliphatic rings. The summed E-state index contributed by atoms with van der Waals surface area (Å²) in [6.07, 6.45) is 2.15. The van der Waals surface area contributed by atoms with Gasteiger partial charge in [-0.2, -0.15) is 0 Å². The van der Waals surface area contributed by atoms with Crippen LogP contribution < -0.4 is 10.5 Å². The molecule has 0 saturated carbocycles. The summed E-state index contributed by atoms with van der Waals surface area (Å²) >= 11 is 3.63. The van der Waals surface area contributed by atoms with Gasteiger partial charge in [-0.05, 0) is 55.2 Å². The first kappa shape index (κ1) is 18.5. The van der Waals surface area contributed by atoms with Crippen molar-refractivity contribution in [3.63, 3.8) is 0 Å². The number of hydrogen-bond donors (Lipinski definition) is 1. The molecule has 1 rings (SSSR count). The number of benzene rings is 1. The van der Waals surface area contributed by atoms with Crippen molar-refractivity contribution in [2.75, 3.05) is 7.11 Å². The number of hydrogen-bond acceptors (Lipinski definition) is 2. The molecule has 0 amide bonds. The van der Waals surface area contributed by atoms with Crippen LogP contribution in [-0.2, 0) is 0 Å². The molecule has 0 aliphatic heterocycles. The van der Waals surface area contributed by atoms with Crippen molar-refractivity contribution in [2.24, 2.45) is 17.1 Å². The summed E-state index contributed by atoms with van der Waals surface area (Å²) in [5.74, 6) is 1.52. The van der Waals surface area contributed by atoms with Crippen LogP contribution in [0, 0.1) is 25.2 Å². The highest BCUT2D eigenvalue weighted by atomic mass is 79.9. The normalized spacial score (nSPS) is 14.9. The van der Waals surface area contributed by atoms with E-state index in [1.54, 1.807) is 7.11 Å². The predicted octanol–water partition coefficient (Wildman–Crippen LogP) is 5.54. The number of aryl methyl sites for hydroxylation is 1. The van der Waals surface area contributed by atoms with Gasteiger partial charge in [0.15, 0.2) is 0 Å². The van der Waals surface area contributed by atoms with Crippen molar-refractivity contribution in [1.29, 1.82) is 0 Å². The van der Waals surface area contributed by atoms with Gasteiger partial charge in [0.05, 0.1) is 7.11 Å². The summed E-state index contributed by atoms with van der Waals surface area (Å²) in [7, 11) is 1.73. The molecule has 0 heterocycles. The monoisotopic (exact) mass is 355 g/mol. The summed E-state index contributed by atoms with van der Waals surface area (Å²) in [5.41, 5.74) is 10.3. The second-order valence-electron chi connectivity index (χ2n) is 7.46. The molecule has 120 valence electrons. The maximum Gasteiger partial charge on any atom is 0.126 e. The molecule has 2 N–H and O–H groups in total. The van der Waals surface area contributed by atoms with Gasteiger partial charge in [-0.3, -0.25) is 0 Å². The van der Waals surface area contributed by atoms with Gasteiger partial charge in [0.2, 0.25) is 0 Å². The molecular formula is C18H30BrNO. The summed E-state index contributed by atoms with van der Waals surface area (Å²) in [4.78, 5) is 0. The fourth-order valence-corrected chi connectivity index (χ4v) is 3.83. The molecule has 2 atom stereocenters. The lowest BCUT2D eigenvalue weighted by Gasteiger charge is -2.27. The largest absolute Gasteiger partial charge is 0.496 e. The Balaban J connectivity index is 3.04. The van der Waals surface area contributed by atoms with E-state index < -0.39 is 0 Å². The molecule has 0 saturated heterocycles. The van der Waals surface area contributed by atoms with Gasteiger partial charge in [0.25, 0.3) is 0 Å². The Morgan fingerprint density at radius 2 is 1.86 bits per heavy atom. The third kappa shape index (κ3) is 5.00. The van der Waals surface area contributed by atoms with E-state index in [2.05, 4.69) is 63.5 Å². The SMILES string of the molecule is COc1c(C)cc(Br)c(C)c1C(N)CC(C)CC(C)(C)C. The first-order valence-corrected chi connectivity index (χ1v) is 8.45. The van der Waals surface area contributed by atoms with Gasteiger partial charge in [-0.15, -0.1) is 0 Å². The Bertz CT molecular complexity index is 491. The molecule has 21 heavy (non-hydrogen) atoms. The van der Waals surface area contributed by atoms with Gasteiger partial charge in [0.1, 0.15) is 5.75 Å². The first-order valence-electron chi connectivity index (χ1n) is 7.66. The van der Waals surface area contributed by atoms with Gasteiger partial charge in [-0.1, -0.05) is 43.6 Å². The average molecular weight is 356 g/mol. The zero-order valence-corrected chi connectivity index (χ0v) is 16.1. The smallest absolute Gasteiger partial charge is 0.126 e. The molecular weight excluding hydrogens is 326 g/mol. The number of methoxy groups -OCH3 is 1.